The van der Waals surface area contributed by atoms with Crippen molar-refractivity contribution in [1.29, 1.82) is 0 Å². The average Bonchev–Trinajstić information content (AvgIpc) is 2.80. The second-order valence-corrected chi connectivity index (χ2v) is 5.97. The Morgan fingerprint density at radius 3 is 0.519 bits per heavy atom. The molecule has 0 unspecified atom stereocenters. The van der Waals surface area contributed by atoms with E-state index in [1.54, 1.807) is 49.6 Å². The summed E-state index contributed by atoms with van der Waals surface area (Å²) in [5, 5.41) is 0. The third-order valence-electron chi connectivity index (χ3n) is 2.27. The van der Waals surface area contributed by atoms with Crippen LogP contribution in [0.5, 0.6) is 0 Å². The van der Waals surface area contributed by atoms with Gasteiger partial charge >= 0.3 is 33.3 Å². The molecule has 27 heavy (non-hydrogen) atoms. The summed E-state index contributed by atoms with van der Waals surface area (Å²) in [5.74, 6) is 0. The molecule has 0 saturated carbocycles. The van der Waals surface area contributed by atoms with Gasteiger partial charge in [0.1, 0.15) is 0 Å². The Balaban J connectivity index is 0.000000319. The summed E-state index contributed by atoms with van der Waals surface area (Å²) in [6, 6.07) is 22.9. The molecule has 0 aliphatic rings. The fraction of sp³-hybridized carbons (Fsp3) is 0. The minimum absolute atomic E-state index is 0.194. The van der Waals surface area contributed by atoms with Crippen LogP contribution in [0.4, 0.5) is 0 Å². The van der Waals surface area contributed by atoms with Gasteiger partial charge in [-0.1, -0.05) is 24.3 Å². The van der Waals surface area contributed by atoms with Crippen LogP contribution >= 0.6 is 20.2 Å². The molecule has 0 amide bonds. The van der Waals surface area contributed by atoms with Gasteiger partial charge in [0.15, 0.2) is 0 Å². The molecule has 0 aliphatic heterocycles. The van der Waals surface area contributed by atoms with Crippen molar-refractivity contribution in [2.45, 2.75) is 0 Å². The Bertz CT molecular complexity index is 461. The number of halogens is 2. The first-order valence-electron chi connectivity index (χ1n) is 7.67. The van der Waals surface area contributed by atoms with Crippen molar-refractivity contribution in [3.8, 4) is 0 Å². The van der Waals surface area contributed by atoms with Crippen LogP contribution in [0.25, 0.3) is 0 Å². The standard InChI is InChI=1S/4C5H5N.2ClH.Fe/c4*1-2-4-6-5-3-1;;;/h4*1-5H;2*1H;/q;;;;;;+2/p-2. The zero-order valence-corrected chi connectivity index (χ0v) is 17.1. The van der Waals surface area contributed by atoms with E-state index in [1.165, 1.54) is 0 Å². The van der Waals surface area contributed by atoms with Gasteiger partial charge in [-0.05, 0) is 48.5 Å². The van der Waals surface area contributed by atoms with E-state index >= 15 is 0 Å². The summed E-state index contributed by atoms with van der Waals surface area (Å²) in [4.78, 5) is 15.1. The number of nitrogens with zero attached hydrogens (tertiary/aromatic N) is 4. The molecule has 4 rings (SSSR count). The fourth-order valence-corrected chi connectivity index (χ4v) is 1.25. The maximum absolute atomic E-state index is 4.76. The predicted octanol–water partition coefficient (Wildman–Crippen LogP) is 5.70. The molecule has 142 valence electrons. The predicted molar refractivity (Wildman–Crippen MR) is 109 cm³/mol. The summed E-state index contributed by atoms with van der Waals surface area (Å²) in [5.41, 5.74) is 0. The van der Waals surface area contributed by atoms with E-state index < -0.39 is 0 Å². The molecular weight excluding hydrogens is 423 g/mol. The van der Waals surface area contributed by atoms with Crippen molar-refractivity contribution in [2.75, 3.05) is 0 Å². The molecule has 7 heteroatoms. The van der Waals surface area contributed by atoms with Crippen LogP contribution in [0.1, 0.15) is 0 Å². The topological polar surface area (TPSA) is 51.6 Å². The third kappa shape index (κ3) is 23.7. The largest absolute Gasteiger partial charge is 0.265 e. The van der Waals surface area contributed by atoms with E-state index in [9.17, 15) is 0 Å². The molecule has 0 bridgehead atoms. The first-order valence-corrected chi connectivity index (χ1v) is 10.7. The average molecular weight is 443 g/mol. The second kappa shape index (κ2) is 23.7. The Hall–Kier alpha value is -2.30. The van der Waals surface area contributed by atoms with Crippen LogP contribution in [0.15, 0.2) is 122 Å². The van der Waals surface area contributed by atoms with Crippen molar-refractivity contribution in [3.63, 3.8) is 0 Å². The molecule has 4 aromatic heterocycles. The first kappa shape index (κ1) is 24.7. The number of aromatic nitrogens is 4. The Kier molecular flexibility index (Phi) is 21.7. The van der Waals surface area contributed by atoms with Gasteiger partial charge in [-0.15, -0.1) is 0 Å². The van der Waals surface area contributed by atoms with E-state index in [4.69, 9.17) is 20.2 Å². The summed E-state index contributed by atoms with van der Waals surface area (Å²) >= 11 is 0.194. The van der Waals surface area contributed by atoms with Gasteiger partial charge < -0.3 is 0 Å². The van der Waals surface area contributed by atoms with Crippen LogP contribution in [0.3, 0.4) is 0 Å². The fourth-order valence-electron chi connectivity index (χ4n) is 1.25. The summed E-state index contributed by atoms with van der Waals surface area (Å²) < 4.78 is 0. The zero-order chi connectivity index (χ0) is 19.7. The van der Waals surface area contributed by atoms with Crippen molar-refractivity contribution in [2.24, 2.45) is 0 Å². The van der Waals surface area contributed by atoms with Crippen LogP contribution in [0, 0.1) is 0 Å². The summed E-state index contributed by atoms with van der Waals surface area (Å²) in [6.07, 6.45) is 14.0. The number of hydrogen-bond donors (Lipinski definition) is 0. The molecule has 0 saturated heterocycles. The molecule has 0 fully saturated rings. The van der Waals surface area contributed by atoms with Gasteiger partial charge in [0.2, 0.25) is 0 Å². The number of rotatable bonds is 0. The zero-order valence-electron chi connectivity index (χ0n) is 14.4. The van der Waals surface area contributed by atoms with Gasteiger partial charge in [0, 0.05) is 49.6 Å². The van der Waals surface area contributed by atoms with Crippen molar-refractivity contribution < 1.29 is 13.1 Å². The molecular formula is C20H20Cl2FeN4. The SMILES string of the molecule is [Cl][Fe][Cl].c1ccncc1.c1ccncc1.c1ccncc1.c1ccncc1. The molecule has 0 atom stereocenters. The summed E-state index contributed by atoms with van der Waals surface area (Å²) in [7, 11) is 9.53. The third-order valence-corrected chi connectivity index (χ3v) is 2.27. The van der Waals surface area contributed by atoms with Gasteiger partial charge in [-0.3, -0.25) is 19.9 Å². The van der Waals surface area contributed by atoms with Gasteiger partial charge in [-0.25, -0.2) is 0 Å². The van der Waals surface area contributed by atoms with Gasteiger partial charge in [0.25, 0.3) is 0 Å². The second-order valence-electron chi connectivity index (χ2n) is 4.15. The van der Waals surface area contributed by atoms with Gasteiger partial charge in [-0.2, -0.15) is 0 Å². The van der Waals surface area contributed by atoms with Crippen LogP contribution < -0.4 is 0 Å². The van der Waals surface area contributed by atoms with Crippen molar-refractivity contribution >= 4 is 20.2 Å². The maximum Gasteiger partial charge on any atom is 0.0267 e. The molecule has 4 heterocycles. The van der Waals surface area contributed by atoms with Gasteiger partial charge in [0.05, 0.1) is 0 Å². The minimum Gasteiger partial charge on any atom is -0.265 e. The van der Waals surface area contributed by atoms with E-state index in [-0.39, 0.29) is 13.1 Å². The smallest absolute Gasteiger partial charge is 0.0267 e. The van der Waals surface area contributed by atoms with Crippen LogP contribution in [-0.2, 0) is 13.1 Å². The number of pyridine rings is 4. The molecule has 4 nitrogen and oxygen atoms in total. The maximum atomic E-state index is 4.76. The molecule has 0 radical (unpaired) electrons. The molecule has 0 aliphatic carbocycles. The first-order chi connectivity index (χ1) is 13.4. The normalized spacial score (nSPS) is 7.93. The molecule has 0 aromatic carbocycles. The van der Waals surface area contributed by atoms with E-state index in [0.717, 1.165) is 0 Å². The van der Waals surface area contributed by atoms with E-state index in [0.29, 0.717) is 0 Å². The Labute approximate surface area is 175 Å². The van der Waals surface area contributed by atoms with E-state index in [2.05, 4.69) is 19.9 Å². The van der Waals surface area contributed by atoms with Crippen LogP contribution in [-0.4, -0.2) is 19.9 Å². The molecule has 0 spiro atoms. The quantitative estimate of drug-likeness (QED) is 0.327. The van der Waals surface area contributed by atoms with Crippen molar-refractivity contribution in [3.05, 3.63) is 122 Å². The summed E-state index contributed by atoms with van der Waals surface area (Å²) in [6.45, 7) is 0. The van der Waals surface area contributed by atoms with Crippen LogP contribution in [0.2, 0.25) is 0 Å². The Morgan fingerprint density at radius 1 is 0.333 bits per heavy atom. The van der Waals surface area contributed by atoms with E-state index in [1.807, 2.05) is 72.8 Å². The molecule has 0 N–H and O–H groups in total. The van der Waals surface area contributed by atoms with Crippen molar-refractivity contribution in [1.82, 2.24) is 19.9 Å². The number of hydrogen-bond acceptors (Lipinski definition) is 4. The molecule has 4 aromatic rings. The minimum atomic E-state index is 0.194. The Morgan fingerprint density at radius 2 is 0.481 bits per heavy atom. The monoisotopic (exact) mass is 442 g/mol.